The van der Waals surface area contributed by atoms with Crippen LogP contribution in [0.5, 0.6) is 5.88 Å². The van der Waals surface area contributed by atoms with Crippen molar-refractivity contribution in [2.75, 3.05) is 39.5 Å². The first-order valence-corrected chi connectivity index (χ1v) is 11.8. The van der Waals surface area contributed by atoms with Crippen LogP contribution in [0.2, 0.25) is 0 Å². The highest BCUT2D eigenvalue weighted by molar-refractivity contribution is 5.98. The summed E-state index contributed by atoms with van der Waals surface area (Å²) >= 11 is 0. The van der Waals surface area contributed by atoms with Gasteiger partial charge in [-0.2, -0.15) is 5.10 Å². The van der Waals surface area contributed by atoms with Gasteiger partial charge >= 0.3 is 0 Å². The fraction of sp³-hybridized carbons (Fsp3) is 0.542. The minimum atomic E-state index is -0.335. The lowest BCUT2D eigenvalue weighted by Crippen LogP contribution is -2.39. The van der Waals surface area contributed by atoms with Crippen molar-refractivity contribution in [3.05, 3.63) is 33.9 Å². The summed E-state index contributed by atoms with van der Waals surface area (Å²) in [7, 11) is 1.81. The number of H-pyrrole nitrogens is 1. The number of pyridine rings is 1. The van der Waals surface area contributed by atoms with Gasteiger partial charge in [0.1, 0.15) is 11.3 Å². The molecule has 10 heteroatoms. The van der Waals surface area contributed by atoms with E-state index in [-0.39, 0.29) is 23.8 Å². The number of morpholine rings is 1. The lowest BCUT2D eigenvalue weighted by atomic mass is 10.1. The molecule has 0 bridgehead atoms. The number of ketones is 1. The van der Waals surface area contributed by atoms with Crippen LogP contribution in [-0.2, 0) is 18.2 Å². The maximum Gasteiger partial charge on any atom is 0.279 e. The summed E-state index contributed by atoms with van der Waals surface area (Å²) < 4.78 is 13.0. The number of carbonyl (C=O) groups is 1. The van der Waals surface area contributed by atoms with Crippen molar-refractivity contribution in [3.8, 4) is 17.3 Å². The first-order valence-electron chi connectivity index (χ1n) is 11.8. The Kier molecular flexibility index (Phi) is 7.38. The number of nitrogens with one attached hydrogen (secondary N) is 1. The molecular formula is C24H32N6O4. The number of nitrogens with zero attached hydrogens (tertiary/aromatic N) is 5. The van der Waals surface area contributed by atoms with Gasteiger partial charge in [-0.05, 0) is 18.4 Å². The highest BCUT2D eigenvalue weighted by Gasteiger charge is 2.21. The average molecular weight is 469 g/mol. The fourth-order valence-electron chi connectivity index (χ4n) is 3.96. The molecule has 10 nitrogen and oxygen atoms in total. The second-order valence-corrected chi connectivity index (χ2v) is 9.03. The predicted molar refractivity (Wildman–Crippen MR) is 128 cm³/mol. The molecule has 1 aliphatic rings. The Labute approximate surface area is 198 Å². The molecule has 1 fully saturated rings. The maximum atomic E-state index is 13.0. The number of Topliss-reactive ketones (excluding diaryl/α,β-unsaturated/α-hetero) is 1. The summed E-state index contributed by atoms with van der Waals surface area (Å²) in [4.78, 5) is 40.0. The van der Waals surface area contributed by atoms with Crippen molar-refractivity contribution in [1.82, 2.24) is 29.6 Å². The van der Waals surface area contributed by atoms with Gasteiger partial charge in [0.15, 0.2) is 11.3 Å². The number of hydrogen-bond acceptors (Lipinski definition) is 8. The largest absolute Gasteiger partial charge is 0.477 e. The summed E-state index contributed by atoms with van der Waals surface area (Å²) in [6, 6.07) is 1.71. The van der Waals surface area contributed by atoms with Gasteiger partial charge in [-0.3, -0.25) is 19.2 Å². The Bertz CT molecular complexity index is 1230. The molecule has 0 amide bonds. The number of fused-ring (bicyclic) bond motifs is 1. The molecule has 0 saturated carbocycles. The van der Waals surface area contributed by atoms with Crippen LogP contribution < -0.4 is 10.3 Å². The van der Waals surface area contributed by atoms with Crippen LogP contribution in [0.3, 0.4) is 0 Å². The summed E-state index contributed by atoms with van der Waals surface area (Å²) in [5.41, 5.74) is 2.34. The van der Waals surface area contributed by atoms with Gasteiger partial charge in [-0.15, -0.1) is 0 Å². The Morgan fingerprint density at radius 1 is 1.26 bits per heavy atom. The van der Waals surface area contributed by atoms with Gasteiger partial charge in [0.25, 0.3) is 5.56 Å². The highest BCUT2D eigenvalue weighted by Crippen LogP contribution is 2.28. The molecule has 1 aliphatic heterocycles. The third kappa shape index (κ3) is 5.18. The summed E-state index contributed by atoms with van der Waals surface area (Å²) in [6.45, 7) is 9.55. The minimum Gasteiger partial charge on any atom is -0.477 e. The van der Waals surface area contributed by atoms with E-state index < -0.39 is 0 Å². The van der Waals surface area contributed by atoms with Crippen LogP contribution in [0, 0.1) is 5.92 Å². The van der Waals surface area contributed by atoms with Crippen molar-refractivity contribution in [2.45, 2.75) is 33.6 Å². The molecule has 0 spiro atoms. The highest BCUT2D eigenvalue weighted by atomic mass is 16.5. The van der Waals surface area contributed by atoms with Crippen LogP contribution in [0.25, 0.3) is 22.4 Å². The van der Waals surface area contributed by atoms with Gasteiger partial charge in [0, 0.05) is 31.9 Å². The molecule has 0 radical (unpaired) electrons. The first-order chi connectivity index (χ1) is 16.4. The second kappa shape index (κ2) is 10.4. The molecule has 0 unspecified atom stereocenters. The number of aromatic nitrogens is 5. The molecule has 0 aliphatic carbocycles. The molecule has 3 aromatic rings. The molecule has 34 heavy (non-hydrogen) atoms. The van der Waals surface area contributed by atoms with E-state index in [0.717, 1.165) is 18.5 Å². The number of aryl methyl sites for hydroxylation is 2. The first kappa shape index (κ1) is 24.0. The third-order valence-corrected chi connectivity index (χ3v) is 5.75. The van der Waals surface area contributed by atoms with E-state index >= 15 is 0 Å². The second-order valence-electron chi connectivity index (χ2n) is 9.03. The predicted octanol–water partition coefficient (Wildman–Crippen LogP) is 2.22. The standard InChI is InChI=1S/C24H32N6O4/c1-5-6-18-20-21(28-29(18)4)23(32)27-22(26-20)17-11-16(12-25-24(17)34-14-15(2)3)19(31)13-30-7-9-33-10-8-30/h11-12,15H,5-10,13-14H2,1-4H3,(H,26,27,32). The quantitative estimate of drug-likeness (QED) is 0.476. The van der Waals surface area contributed by atoms with Gasteiger partial charge in [-0.1, -0.05) is 27.2 Å². The molecule has 4 heterocycles. The van der Waals surface area contributed by atoms with Crippen LogP contribution in [0.4, 0.5) is 0 Å². The third-order valence-electron chi connectivity index (χ3n) is 5.75. The Morgan fingerprint density at radius 3 is 2.74 bits per heavy atom. The van der Waals surface area contributed by atoms with E-state index in [2.05, 4.69) is 26.9 Å². The number of ether oxygens (including phenoxy) is 2. The molecule has 3 aromatic heterocycles. The molecule has 0 atom stereocenters. The smallest absolute Gasteiger partial charge is 0.279 e. The summed E-state index contributed by atoms with van der Waals surface area (Å²) in [6.07, 6.45) is 3.18. The zero-order chi connectivity index (χ0) is 24.2. The number of rotatable bonds is 9. The van der Waals surface area contributed by atoms with E-state index in [1.54, 1.807) is 10.7 Å². The SMILES string of the molecule is CCCc1c2nc(-c3cc(C(=O)CN4CCOCC4)cnc3OCC(C)C)[nH]c(=O)c2nn1C. The van der Waals surface area contributed by atoms with Gasteiger partial charge < -0.3 is 14.5 Å². The number of aromatic amines is 1. The van der Waals surface area contributed by atoms with Gasteiger partial charge in [0.2, 0.25) is 5.88 Å². The van der Waals surface area contributed by atoms with E-state index in [0.29, 0.717) is 66.8 Å². The van der Waals surface area contributed by atoms with Crippen LogP contribution in [-0.4, -0.2) is 74.9 Å². The lowest BCUT2D eigenvalue weighted by molar-refractivity contribution is 0.0371. The molecule has 1 N–H and O–H groups in total. The molecule has 1 saturated heterocycles. The van der Waals surface area contributed by atoms with Crippen LogP contribution in [0.1, 0.15) is 43.2 Å². The molecular weight excluding hydrogens is 436 g/mol. The van der Waals surface area contributed by atoms with E-state index in [1.807, 2.05) is 20.9 Å². The maximum absolute atomic E-state index is 13.0. The van der Waals surface area contributed by atoms with E-state index in [9.17, 15) is 9.59 Å². The van der Waals surface area contributed by atoms with Crippen molar-refractivity contribution < 1.29 is 14.3 Å². The van der Waals surface area contributed by atoms with Crippen LogP contribution in [0.15, 0.2) is 17.1 Å². The van der Waals surface area contributed by atoms with Crippen molar-refractivity contribution in [3.63, 3.8) is 0 Å². The molecule has 182 valence electrons. The monoisotopic (exact) mass is 468 g/mol. The Balaban J connectivity index is 1.76. The normalized spacial score (nSPS) is 14.7. The molecule has 0 aromatic carbocycles. The average Bonchev–Trinajstić information content (AvgIpc) is 3.14. The Hall–Kier alpha value is -3.11. The lowest BCUT2D eigenvalue weighted by Gasteiger charge is -2.25. The topological polar surface area (TPSA) is 115 Å². The fourth-order valence-corrected chi connectivity index (χ4v) is 3.96. The van der Waals surface area contributed by atoms with Gasteiger partial charge in [-0.25, -0.2) is 9.97 Å². The number of carbonyl (C=O) groups excluding carboxylic acids is 1. The molecule has 4 rings (SSSR count). The minimum absolute atomic E-state index is 0.0532. The van der Waals surface area contributed by atoms with E-state index in [4.69, 9.17) is 14.5 Å². The van der Waals surface area contributed by atoms with E-state index in [1.165, 1.54) is 6.20 Å². The zero-order valence-electron chi connectivity index (χ0n) is 20.3. The summed E-state index contributed by atoms with van der Waals surface area (Å²) in [5, 5.41) is 4.35. The van der Waals surface area contributed by atoms with Crippen molar-refractivity contribution in [2.24, 2.45) is 13.0 Å². The van der Waals surface area contributed by atoms with Gasteiger partial charge in [0.05, 0.1) is 37.6 Å². The Morgan fingerprint density at radius 2 is 2.03 bits per heavy atom. The van der Waals surface area contributed by atoms with Crippen molar-refractivity contribution in [1.29, 1.82) is 0 Å². The zero-order valence-corrected chi connectivity index (χ0v) is 20.3. The number of hydrogen-bond donors (Lipinski definition) is 1. The van der Waals surface area contributed by atoms with Crippen molar-refractivity contribution >= 4 is 16.8 Å². The van der Waals surface area contributed by atoms with Crippen LogP contribution >= 0.6 is 0 Å². The summed E-state index contributed by atoms with van der Waals surface area (Å²) in [5.74, 6) is 0.874.